The normalized spacial score (nSPS) is 22.6. The number of aliphatic hydroxyl groups is 1. The largest absolute Gasteiger partial charge is 0.504 e. The zero-order valence-electron chi connectivity index (χ0n) is 39.8. The van der Waals surface area contributed by atoms with E-state index in [0.29, 0.717) is 60.0 Å². The Morgan fingerprint density at radius 3 is 2.52 bits per heavy atom. The lowest BCUT2D eigenvalue weighted by Gasteiger charge is -2.51. The predicted octanol–water partition coefficient (Wildman–Crippen LogP) is 9.73. The van der Waals surface area contributed by atoms with Gasteiger partial charge < -0.3 is 31.3 Å². The van der Waals surface area contributed by atoms with E-state index in [4.69, 9.17) is 10.5 Å². The number of methoxy groups -OCH3 is 1. The highest BCUT2D eigenvalue weighted by molar-refractivity contribution is 6.06. The molecule has 0 amide bonds. The molecule has 0 spiro atoms. The lowest BCUT2D eigenvalue weighted by atomic mass is 9.59. The number of ketones is 2. The molecule has 2 saturated carbocycles. The van der Waals surface area contributed by atoms with E-state index in [9.17, 15) is 19.8 Å². The van der Waals surface area contributed by atoms with Gasteiger partial charge >= 0.3 is 0 Å². The third kappa shape index (κ3) is 13.3. The molecular weight excluding hydrogens is 833 g/mol. The molecule has 0 radical (unpaired) electrons. The fourth-order valence-electron chi connectivity index (χ4n) is 12.1. The predicted molar refractivity (Wildman–Crippen MR) is 269 cm³/mol. The lowest BCUT2D eigenvalue weighted by molar-refractivity contribution is -0.124. The van der Waals surface area contributed by atoms with E-state index in [1.807, 2.05) is 12.1 Å². The van der Waals surface area contributed by atoms with Gasteiger partial charge in [-0.25, -0.2) is 4.98 Å². The molecule has 9 heteroatoms. The molecule has 3 fully saturated rings. The average molecular weight is 907 g/mol. The average Bonchev–Trinajstić information content (AvgIpc) is 3.78. The highest BCUT2D eigenvalue weighted by atomic mass is 16.5. The van der Waals surface area contributed by atoms with Crippen LogP contribution in [0.2, 0.25) is 0 Å². The zero-order valence-corrected chi connectivity index (χ0v) is 39.8. The summed E-state index contributed by atoms with van der Waals surface area (Å²) in [6.45, 7) is 3.12. The van der Waals surface area contributed by atoms with Crippen LogP contribution in [0, 0.1) is 29.6 Å². The van der Waals surface area contributed by atoms with E-state index in [1.54, 1.807) is 24.4 Å². The maximum atomic E-state index is 13.4. The number of nitrogens with one attached hydrogen (secondary N) is 2. The van der Waals surface area contributed by atoms with E-state index in [-0.39, 0.29) is 23.7 Å². The zero-order chi connectivity index (χ0) is 46.6. The van der Waals surface area contributed by atoms with Crippen molar-refractivity contribution in [1.29, 1.82) is 0 Å². The molecule has 3 aromatic carbocycles. The summed E-state index contributed by atoms with van der Waals surface area (Å²) in [6.07, 6.45) is 25.1. The van der Waals surface area contributed by atoms with Gasteiger partial charge in [0, 0.05) is 25.2 Å². The van der Waals surface area contributed by atoms with Crippen molar-refractivity contribution in [2.75, 3.05) is 32.5 Å². The molecule has 6 atom stereocenters. The van der Waals surface area contributed by atoms with Crippen molar-refractivity contribution >= 4 is 23.5 Å². The summed E-state index contributed by atoms with van der Waals surface area (Å²) >= 11 is 0. The minimum Gasteiger partial charge on any atom is -0.504 e. The molecule has 356 valence electrons. The van der Waals surface area contributed by atoms with Crippen molar-refractivity contribution in [2.45, 2.75) is 127 Å². The molecule has 6 N–H and O–H groups in total. The van der Waals surface area contributed by atoms with Gasteiger partial charge in [-0.05, 0) is 189 Å². The standard InChI is InChI=1S/C58H74N4O5/c1-67-55-35-44(47(34-54(55)65)33-48-39-62-56(59)36-45(48)20-19-42-13-7-12-41(30-42)18-17-40-10-3-2-4-11-40)21-22-51(64)37-50(63)16-8-14-43(23-27-58(66)25-5-6-26-58)31-53-52-24-29-60-38-49(52)32-46-15-9-28-61-57(46)53/h2-4,7,9-13,15,21-22,30,34-36,39,43,46,49,52-53,57,60-61,65-66H,5-6,8,14,16-20,23-29,31-33,37-38H2,1H3,(H2,59,62)/b22-21+/t43-,46+,49-,52+,53-,57-/m1/s1. The van der Waals surface area contributed by atoms with Crippen LogP contribution in [-0.4, -0.2) is 65.2 Å². The number of carbonyl (C=O) groups is 2. The molecule has 2 aliphatic carbocycles. The number of allylic oxidation sites excluding steroid dienone is 1. The first kappa shape index (κ1) is 48.4. The summed E-state index contributed by atoms with van der Waals surface area (Å²) in [5.41, 5.74) is 13.2. The van der Waals surface area contributed by atoms with E-state index >= 15 is 0 Å². The van der Waals surface area contributed by atoms with Gasteiger partial charge in [0.1, 0.15) is 11.6 Å². The van der Waals surface area contributed by atoms with Crippen molar-refractivity contribution in [1.82, 2.24) is 15.6 Å². The number of rotatable bonds is 22. The SMILES string of the molecule is COc1cc(/C=C/C(=O)CC(=O)CCC[C@H](CCC2(O)CCCC2)C[C@@H]2[C@H]3CCNC[C@H]3C[C@@H]3C=CCN[C@@H]23)c(Cc2cnc(N)cc2CCc2cccc(CCc3ccccc3)c2)cc1O. The van der Waals surface area contributed by atoms with Crippen LogP contribution in [0.25, 0.3) is 6.08 Å². The van der Waals surface area contributed by atoms with Crippen LogP contribution in [0.3, 0.4) is 0 Å². The summed E-state index contributed by atoms with van der Waals surface area (Å²) in [5.74, 6) is 3.47. The number of aromatic nitrogens is 1. The number of nitrogen functional groups attached to an aromatic ring is 1. The molecule has 4 aliphatic rings. The van der Waals surface area contributed by atoms with Gasteiger partial charge in [-0.1, -0.05) is 92.1 Å². The number of piperidine rings is 1. The van der Waals surface area contributed by atoms with Gasteiger partial charge in [-0.2, -0.15) is 0 Å². The molecule has 0 bridgehead atoms. The molecule has 0 unspecified atom stereocenters. The Morgan fingerprint density at radius 1 is 0.940 bits per heavy atom. The fourth-order valence-corrected chi connectivity index (χ4v) is 12.1. The highest BCUT2D eigenvalue weighted by Gasteiger charge is 2.45. The van der Waals surface area contributed by atoms with E-state index < -0.39 is 5.60 Å². The van der Waals surface area contributed by atoms with Crippen molar-refractivity contribution in [3.63, 3.8) is 0 Å². The molecule has 1 aromatic heterocycles. The van der Waals surface area contributed by atoms with E-state index in [1.165, 1.54) is 42.7 Å². The number of Topliss-reactive ketones (excluding diaryl/α,β-unsaturated/α-hetero) is 1. The Balaban J connectivity index is 0.887. The Bertz CT molecular complexity index is 2340. The van der Waals surface area contributed by atoms with Gasteiger partial charge in [0.05, 0.1) is 19.1 Å². The third-order valence-corrected chi connectivity index (χ3v) is 15.8. The first-order valence-electron chi connectivity index (χ1n) is 25.4. The molecule has 4 aromatic rings. The quantitative estimate of drug-likeness (QED) is 0.0296. The minimum atomic E-state index is -0.545. The Morgan fingerprint density at radius 2 is 1.72 bits per heavy atom. The number of aryl methyl sites for hydroxylation is 4. The summed E-state index contributed by atoms with van der Waals surface area (Å²) in [4.78, 5) is 31.3. The number of aromatic hydroxyl groups is 1. The Labute approximate surface area is 399 Å². The smallest absolute Gasteiger partial charge is 0.163 e. The second-order valence-corrected chi connectivity index (χ2v) is 20.4. The number of hydrogen-bond acceptors (Lipinski definition) is 9. The number of nitrogens with zero attached hydrogens (tertiary/aromatic N) is 1. The van der Waals surface area contributed by atoms with Gasteiger partial charge in [-0.3, -0.25) is 9.59 Å². The third-order valence-electron chi connectivity index (χ3n) is 15.8. The number of ether oxygens (including phenoxy) is 1. The summed E-state index contributed by atoms with van der Waals surface area (Å²) in [5, 5.41) is 29.8. The Hall–Kier alpha value is -5.09. The second kappa shape index (κ2) is 23.3. The van der Waals surface area contributed by atoms with Crippen molar-refractivity contribution in [3.8, 4) is 11.5 Å². The number of benzene rings is 3. The fraction of sp³-hybridized carbons (Fsp3) is 0.500. The number of fused-ring (bicyclic) bond motifs is 2. The lowest BCUT2D eigenvalue weighted by Crippen LogP contribution is -2.56. The molecule has 67 heavy (non-hydrogen) atoms. The molecular formula is C58H74N4O5. The maximum Gasteiger partial charge on any atom is 0.163 e. The summed E-state index contributed by atoms with van der Waals surface area (Å²) in [7, 11) is 1.51. The van der Waals surface area contributed by atoms with Crippen LogP contribution in [-0.2, 0) is 41.7 Å². The van der Waals surface area contributed by atoms with Crippen LogP contribution in [0.1, 0.15) is 122 Å². The Kier molecular flexibility index (Phi) is 16.8. The van der Waals surface area contributed by atoms with Crippen LogP contribution in [0.15, 0.2) is 97.2 Å². The van der Waals surface area contributed by atoms with Gasteiger partial charge in [0.25, 0.3) is 0 Å². The topological polar surface area (TPSA) is 147 Å². The second-order valence-electron chi connectivity index (χ2n) is 20.4. The summed E-state index contributed by atoms with van der Waals surface area (Å²) < 4.78 is 5.48. The molecule has 1 saturated heterocycles. The molecule has 9 nitrogen and oxygen atoms in total. The monoisotopic (exact) mass is 907 g/mol. The van der Waals surface area contributed by atoms with Crippen LogP contribution < -0.4 is 21.1 Å². The molecule has 2 aliphatic heterocycles. The van der Waals surface area contributed by atoms with Gasteiger partial charge in [-0.15, -0.1) is 0 Å². The van der Waals surface area contributed by atoms with Crippen LogP contribution in [0.4, 0.5) is 5.82 Å². The van der Waals surface area contributed by atoms with E-state index in [2.05, 4.69) is 76.3 Å². The first-order chi connectivity index (χ1) is 32.6. The number of nitrogens with two attached hydrogens (primary N) is 1. The van der Waals surface area contributed by atoms with Crippen molar-refractivity contribution in [2.24, 2.45) is 29.6 Å². The number of phenols is 1. The van der Waals surface area contributed by atoms with Crippen LogP contribution >= 0.6 is 0 Å². The van der Waals surface area contributed by atoms with Crippen LogP contribution in [0.5, 0.6) is 11.5 Å². The van der Waals surface area contributed by atoms with Crippen molar-refractivity contribution in [3.05, 3.63) is 136 Å². The number of carbonyl (C=O) groups excluding carboxylic acids is 2. The minimum absolute atomic E-state index is 0.00911. The number of anilines is 1. The number of phenolic OH excluding ortho intramolecular Hbond substituents is 1. The van der Waals surface area contributed by atoms with E-state index in [0.717, 1.165) is 125 Å². The summed E-state index contributed by atoms with van der Waals surface area (Å²) in [6, 6.07) is 25.2. The maximum absolute atomic E-state index is 13.4. The first-order valence-corrected chi connectivity index (χ1v) is 25.4. The highest BCUT2D eigenvalue weighted by Crippen LogP contribution is 2.47. The van der Waals surface area contributed by atoms with Gasteiger partial charge in [0.2, 0.25) is 0 Å². The van der Waals surface area contributed by atoms with Gasteiger partial charge in [0.15, 0.2) is 17.3 Å². The number of hydrogen-bond donors (Lipinski definition) is 5. The van der Waals surface area contributed by atoms with Crippen molar-refractivity contribution < 1.29 is 24.5 Å². The molecule has 3 heterocycles. The number of pyridine rings is 1. The molecule has 8 rings (SSSR count).